The van der Waals surface area contributed by atoms with Crippen molar-refractivity contribution in [1.82, 2.24) is 5.32 Å². The molecule has 3 nitrogen and oxygen atoms in total. The molecule has 3 N–H and O–H groups in total. The number of rotatable bonds is 1. The molecule has 0 aliphatic carbocycles. The Morgan fingerprint density at radius 1 is 1.60 bits per heavy atom. The van der Waals surface area contributed by atoms with Crippen molar-refractivity contribution in [2.45, 2.75) is 6.04 Å². The highest BCUT2D eigenvalue weighted by Gasteiger charge is 2.09. The van der Waals surface area contributed by atoms with Crippen LogP contribution in [0.15, 0.2) is 24.3 Å². The Morgan fingerprint density at radius 2 is 2.40 bits per heavy atom. The maximum absolute atomic E-state index is 10.6. The molecule has 0 fully saturated rings. The van der Waals surface area contributed by atoms with E-state index in [9.17, 15) is 4.79 Å². The maximum atomic E-state index is 10.6. The van der Waals surface area contributed by atoms with E-state index in [4.69, 9.17) is 5.73 Å². The van der Waals surface area contributed by atoms with Crippen LogP contribution in [-0.4, -0.2) is 18.5 Å². The van der Waals surface area contributed by atoms with Crippen LogP contribution in [0.2, 0.25) is 0 Å². The van der Waals surface area contributed by atoms with Crippen LogP contribution >= 0.6 is 0 Å². The molecule has 3 heteroatoms. The quantitative estimate of drug-likeness (QED) is 0.516. The molecule has 0 aromatic carbocycles. The molecule has 1 unspecified atom stereocenters. The van der Waals surface area contributed by atoms with Crippen molar-refractivity contribution >= 4 is 5.91 Å². The van der Waals surface area contributed by atoms with Crippen LogP contribution in [0.3, 0.4) is 0 Å². The van der Waals surface area contributed by atoms with Gasteiger partial charge in [0, 0.05) is 6.54 Å². The van der Waals surface area contributed by atoms with Crippen molar-refractivity contribution in [3.63, 3.8) is 0 Å². The lowest BCUT2D eigenvalue weighted by atomic mass is 10.2. The molecule has 54 valence electrons. The number of carbonyl (C=O) groups excluding carboxylic acids is 1. The van der Waals surface area contributed by atoms with Gasteiger partial charge in [-0.05, 0) is 0 Å². The first-order valence-electron chi connectivity index (χ1n) is 3.17. The van der Waals surface area contributed by atoms with E-state index in [1.807, 2.05) is 18.2 Å². The SMILES string of the molecule is NC(=O)C1C=CC=CCN1. The van der Waals surface area contributed by atoms with Gasteiger partial charge in [-0.15, -0.1) is 0 Å². The van der Waals surface area contributed by atoms with E-state index < -0.39 is 0 Å². The van der Waals surface area contributed by atoms with Gasteiger partial charge in [-0.2, -0.15) is 0 Å². The minimum atomic E-state index is -0.333. The second kappa shape index (κ2) is 3.17. The van der Waals surface area contributed by atoms with Crippen molar-refractivity contribution in [3.05, 3.63) is 24.3 Å². The van der Waals surface area contributed by atoms with Crippen LogP contribution in [0.4, 0.5) is 0 Å². The molecule has 1 atom stereocenters. The fourth-order valence-electron chi connectivity index (χ4n) is 0.780. The average Bonchev–Trinajstić information content (AvgIpc) is 2.12. The molecule has 0 saturated heterocycles. The number of allylic oxidation sites excluding steroid dienone is 2. The molecule has 0 spiro atoms. The van der Waals surface area contributed by atoms with E-state index in [0.29, 0.717) is 6.54 Å². The lowest BCUT2D eigenvalue weighted by Gasteiger charge is -2.06. The largest absolute Gasteiger partial charge is 0.368 e. The summed E-state index contributed by atoms with van der Waals surface area (Å²) in [5.74, 6) is -0.333. The number of carbonyl (C=O) groups is 1. The summed E-state index contributed by atoms with van der Waals surface area (Å²) in [6.07, 6.45) is 7.37. The van der Waals surface area contributed by atoms with Gasteiger partial charge in [-0.3, -0.25) is 10.1 Å². The Balaban J connectivity index is 2.56. The summed E-state index contributed by atoms with van der Waals surface area (Å²) >= 11 is 0. The van der Waals surface area contributed by atoms with Gasteiger partial charge in [0.25, 0.3) is 0 Å². The molecule has 0 aromatic heterocycles. The third-order valence-electron chi connectivity index (χ3n) is 1.31. The standard InChI is InChI=1S/C7H10N2O/c8-7(10)6-4-2-1-3-5-9-6/h1-4,6,9H,5H2,(H2,8,10). The molecule has 0 aromatic rings. The molecule has 0 saturated carbocycles. The third-order valence-corrected chi connectivity index (χ3v) is 1.31. The molecule has 10 heavy (non-hydrogen) atoms. The van der Waals surface area contributed by atoms with Crippen molar-refractivity contribution < 1.29 is 4.79 Å². The van der Waals surface area contributed by atoms with Crippen LogP contribution in [0.25, 0.3) is 0 Å². The minimum absolute atomic E-state index is 0.310. The third kappa shape index (κ3) is 1.70. The topological polar surface area (TPSA) is 55.1 Å². The fourth-order valence-corrected chi connectivity index (χ4v) is 0.780. The summed E-state index contributed by atoms with van der Waals surface area (Å²) < 4.78 is 0. The lowest BCUT2D eigenvalue weighted by molar-refractivity contribution is -0.118. The molecule has 1 aliphatic heterocycles. The van der Waals surface area contributed by atoms with E-state index in [1.54, 1.807) is 6.08 Å². The van der Waals surface area contributed by atoms with Gasteiger partial charge in [0.1, 0.15) is 6.04 Å². The van der Waals surface area contributed by atoms with Crippen molar-refractivity contribution in [1.29, 1.82) is 0 Å². The lowest BCUT2D eigenvalue weighted by Crippen LogP contribution is -2.39. The molecule has 1 aliphatic rings. The summed E-state index contributed by atoms with van der Waals surface area (Å²) in [5, 5.41) is 2.93. The maximum Gasteiger partial charge on any atom is 0.238 e. The first kappa shape index (κ1) is 7.02. The smallest absolute Gasteiger partial charge is 0.238 e. The summed E-state index contributed by atoms with van der Waals surface area (Å²) in [6.45, 7) is 0.695. The van der Waals surface area contributed by atoms with Gasteiger partial charge in [-0.25, -0.2) is 0 Å². The minimum Gasteiger partial charge on any atom is -0.368 e. The first-order valence-corrected chi connectivity index (χ1v) is 3.17. The summed E-state index contributed by atoms with van der Waals surface area (Å²) in [6, 6.07) is -0.310. The second-order valence-corrected chi connectivity index (χ2v) is 2.10. The van der Waals surface area contributed by atoms with Crippen molar-refractivity contribution in [3.8, 4) is 0 Å². The predicted octanol–water partition coefficient (Wildman–Crippen LogP) is -0.444. The van der Waals surface area contributed by atoms with Crippen LogP contribution in [-0.2, 0) is 4.79 Å². The average molecular weight is 138 g/mol. The van der Waals surface area contributed by atoms with Gasteiger partial charge in [-0.1, -0.05) is 24.3 Å². The Labute approximate surface area is 59.6 Å². The number of amides is 1. The van der Waals surface area contributed by atoms with Crippen LogP contribution in [0.1, 0.15) is 0 Å². The van der Waals surface area contributed by atoms with Gasteiger partial charge >= 0.3 is 0 Å². The number of hydrogen-bond donors (Lipinski definition) is 2. The van der Waals surface area contributed by atoms with Crippen LogP contribution in [0, 0.1) is 0 Å². The number of nitrogens with one attached hydrogen (secondary N) is 1. The monoisotopic (exact) mass is 138 g/mol. The zero-order valence-electron chi connectivity index (χ0n) is 5.58. The molecular formula is C7H10N2O. The molecule has 1 heterocycles. The number of nitrogens with two attached hydrogens (primary N) is 1. The van der Waals surface area contributed by atoms with Crippen LogP contribution < -0.4 is 11.1 Å². The van der Waals surface area contributed by atoms with Gasteiger partial charge in [0.05, 0.1) is 0 Å². The van der Waals surface area contributed by atoms with Crippen molar-refractivity contribution in [2.75, 3.05) is 6.54 Å². The first-order chi connectivity index (χ1) is 4.80. The Bertz CT molecular complexity index is 184. The highest BCUT2D eigenvalue weighted by Crippen LogP contribution is 1.90. The van der Waals surface area contributed by atoms with E-state index in [0.717, 1.165) is 0 Å². The Hall–Kier alpha value is -1.09. The van der Waals surface area contributed by atoms with Gasteiger partial charge in [0.15, 0.2) is 0 Å². The number of primary amides is 1. The number of hydrogen-bond acceptors (Lipinski definition) is 2. The highest BCUT2D eigenvalue weighted by atomic mass is 16.1. The highest BCUT2D eigenvalue weighted by molar-refractivity contribution is 5.82. The molecule has 0 bridgehead atoms. The normalized spacial score (nSPS) is 24.2. The second-order valence-electron chi connectivity index (χ2n) is 2.10. The molecule has 1 amide bonds. The van der Waals surface area contributed by atoms with E-state index >= 15 is 0 Å². The van der Waals surface area contributed by atoms with Crippen molar-refractivity contribution in [2.24, 2.45) is 5.73 Å². The summed E-state index contributed by atoms with van der Waals surface area (Å²) in [4.78, 5) is 10.6. The molecule has 0 radical (unpaired) electrons. The van der Waals surface area contributed by atoms with Crippen LogP contribution in [0.5, 0.6) is 0 Å². The summed E-state index contributed by atoms with van der Waals surface area (Å²) in [5.41, 5.74) is 5.06. The predicted molar refractivity (Wildman–Crippen MR) is 39.3 cm³/mol. The Morgan fingerprint density at radius 3 is 3.10 bits per heavy atom. The van der Waals surface area contributed by atoms with E-state index in [1.165, 1.54) is 0 Å². The summed E-state index contributed by atoms with van der Waals surface area (Å²) in [7, 11) is 0. The van der Waals surface area contributed by atoms with Gasteiger partial charge in [0.2, 0.25) is 5.91 Å². The Kier molecular flexibility index (Phi) is 2.23. The van der Waals surface area contributed by atoms with E-state index in [2.05, 4.69) is 5.32 Å². The van der Waals surface area contributed by atoms with Gasteiger partial charge < -0.3 is 5.73 Å². The molecular weight excluding hydrogens is 128 g/mol. The fraction of sp³-hybridized carbons (Fsp3) is 0.286. The molecule has 1 rings (SSSR count). The zero-order chi connectivity index (χ0) is 7.40. The zero-order valence-corrected chi connectivity index (χ0v) is 5.58. The van der Waals surface area contributed by atoms with E-state index in [-0.39, 0.29) is 11.9 Å².